The maximum absolute atomic E-state index is 13.6. The number of carbonyl (C=O) groups is 1. The van der Waals surface area contributed by atoms with Crippen molar-refractivity contribution in [3.8, 4) is 0 Å². The van der Waals surface area contributed by atoms with Gasteiger partial charge < -0.3 is 15.5 Å². The van der Waals surface area contributed by atoms with Crippen LogP contribution in [0.3, 0.4) is 0 Å². The molecule has 0 unspecified atom stereocenters. The summed E-state index contributed by atoms with van der Waals surface area (Å²) in [6, 6.07) is 3.40. The summed E-state index contributed by atoms with van der Waals surface area (Å²) < 4.78 is 42.2. The highest BCUT2D eigenvalue weighted by atomic mass is 19.4. The van der Waals surface area contributed by atoms with E-state index in [0.717, 1.165) is 25.9 Å². The van der Waals surface area contributed by atoms with Gasteiger partial charge in [-0.1, -0.05) is 31.9 Å². The molecule has 0 bridgehead atoms. The molecule has 1 aliphatic rings. The topological polar surface area (TPSA) is 75.1 Å². The minimum absolute atomic E-state index is 0.147. The maximum Gasteiger partial charge on any atom is 0.417 e. The van der Waals surface area contributed by atoms with Gasteiger partial charge in [-0.05, 0) is 51.2 Å². The van der Waals surface area contributed by atoms with E-state index in [0.29, 0.717) is 17.0 Å². The molecule has 0 aromatic carbocycles. The second-order valence-corrected chi connectivity index (χ2v) is 8.69. The van der Waals surface area contributed by atoms with E-state index in [-0.39, 0.29) is 35.4 Å². The molecule has 2 N–H and O–H groups in total. The Kier molecular flexibility index (Phi) is 8.52. The monoisotopic (exact) mass is 500 g/mol. The Morgan fingerprint density at radius 3 is 2.53 bits per heavy atom. The molecule has 2 aromatic heterocycles. The number of hydrogen-bond donors (Lipinski definition) is 2. The first kappa shape index (κ1) is 26.9. The number of hydrogen-bond acceptors (Lipinski definition) is 5. The van der Waals surface area contributed by atoms with Crippen LogP contribution in [0.2, 0.25) is 0 Å². The van der Waals surface area contributed by atoms with Gasteiger partial charge in [0, 0.05) is 42.7 Å². The first-order valence-corrected chi connectivity index (χ1v) is 11.5. The molecule has 0 aliphatic carbocycles. The molecule has 0 radical (unpaired) electrons. The van der Waals surface area contributed by atoms with E-state index < -0.39 is 11.7 Å². The van der Waals surface area contributed by atoms with Gasteiger partial charge in [-0.25, -0.2) is 4.98 Å². The normalized spacial score (nSPS) is 15.1. The standard InChI is InChI=1S/C26H31F3N6O/c1-6-21-22(18(3)32-19-10-14-34(4)15-11-19)16-20(33-24(21)17(2)26(27,28)29)8-7-12-30-25(36)23-9-13-31-35(23)5/h6-9,13,16,19,32H,1-3,10-12,14-15H2,4-5H3,(H,30,36)/b8-7+. The van der Waals surface area contributed by atoms with Gasteiger partial charge in [0.25, 0.3) is 5.91 Å². The van der Waals surface area contributed by atoms with Gasteiger partial charge in [-0.15, -0.1) is 0 Å². The van der Waals surface area contributed by atoms with Crippen LogP contribution in [0.4, 0.5) is 13.2 Å². The lowest BCUT2D eigenvalue weighted by Crippen LogP contribution is -2.40. The number of pyridine rings is 1. The molecule has 0 spiro atoms. The highest BCUT2D eigenvalue weighted by molar-refractivity contribution is 5.92. The van der Waals surface area contributed by atoms with Gasteiger partial charge in [0.05, 0.1) is 17.0 Å². The Bertz CT molecular complexity index is 1170. The number of carbonyl (C=O) groups excluding carboxylic acids is 1. The Labute approximate surface area is 209 Å². The highest BCUT2D eigenvalue weighted by Gasteiger charge is 2.35. The molecular weight excluding hydrogens is 469 g/mol. The zero-order chi connectivity index (χ0) is 26.5. The molecule has 3 heterocycles. The van der Waals surface area contributed by atoms with E-state index in [1.54, 1.807) is 31.3 Å². The molecule has 3 rings (SSSR count). The van der Waals surface area contributed by atoms with Crippen molar-refractivity contribution in [2.75, 3.05) is 26.7 Å². The second-order valence-electron chi connectivity index (χ2n) is 8.69. The van der Waals surface area contributed by atoms with E-state index in [9.17, 15) is 18.0 Å². The quantitative estimate of drug-likeness (QED) is 0.542. The average Bonchev–Trinajstić information content (AvgIpc) is 3.27. The number of nitrogens with zero attached hydrogens (tertiary/aromatic N) is 4. The van der Waals surface area contributed by atoms with Gasteiger partial charge >= 0.3 is 6.18 Å². The fourth-order valence-electron chi connectivity index (χ4n) is 3.98. The van der Waals surface area contributed by atoms with Crippen molar-refractivity contribution in [2.45, 2.75) is 25.1 Å². The maximum atomic E-state index is 13.6. The number of likely N-dealkylation sites (tertiary alicyclic amines) is 1. The summed E-state index contributed by atoms with van der Waals surface area (Å²) >= 11 is 0. The molecule has 0 saturated carbocycles. The molecular formula is C26H31F3N6O. The number of aryl methyl sites for hydroxylation is 1. The molecule has 7 nitrogen and oxygen atoms in total. The van der Waals surface area contributed by atoms with E-state index in [4.69, 9.17) is 0 Å². The Hall–Kier alpha value is -3.66. The van der Waals surface area contributed by atoms with Crippen LogP contribution < -0.4 is 10.6 Å². The Morgan fingerprint density at radius 1 is 1.25 bits per heavy atom. The summed E-state index contributed by atoms with van der Waals surface area (Å²) in [4.78, 5) is 18.7. The van der Waals surface area contributed by atoms with Gasteiger partial charge in [0.2, 0.25) is 0 Å². The highest BCUT2D eigenvalue weighted by Crippen LogP contribution is 2.36. The Morgan fingerprint density at radius 2 is 1.94 bits per heavy atom. The number of piperidine rings is 1. The van der Waals surface area contributed by atoms with E-state index in [1.165, 1.54) is 17.0 Å². The van der Waals surface area contributed by atoms with E-state index in [2.05, 4.69) is 52.4 Å². The number of amides is 1. The van der Waals surface area contributed by atoms with Gasteiger partial charge in [0.15, 0.2) is 0 Å². The molecule has 0 atom stereocenters. The Balaban J connectivity index is 1.86. The third-order valence-corrected chi connectivity index (χ3v) is 6.06. The third-order valence-electron chi connectivity index (χ3n) is 6.06. The zero-order valence-electron chi connectivity index (χ0n) is 20.5. The van der Waals surface area contributed by atoms with Crippen LogP contribution in [-0.2, 0) is 7.05 Å². The van der Waals surface area contributed by atoms with Crippen LogP contribution in [0.25, 0.3) is 23.4 Å². The number of halogens is 3. The molecule has 1 aliphatic heterocycles. The summed E-state index contributed by atoms with van der Waals surface area (Å²) in [5.41, 5.74) is 0.473. The average molecular weight is 501 g/mol. The molecule has 10 heteroatoms. The van der Waals surface area contributed by atoms with Crippen molar-refractivity contribution in [3.63, 3.8) is 0 Å². The van der Waals surface area contributed by atoms with Crippen LogP contribution >= 0.6 is 0 Å². The SMILES string of the molecule is C=Cc1c(C(=C)NC2CCN(C)CC2)cc(/C=C/CNC(=O)c2ccnn2C)nc1C(=C)C(F)(F)F. The van der Waals surface area contributed by atoms with Crippen molar-refractivity contribution in [3.05, 3.63) is 72.4 Å². The summed E-state index contributed by atoms with van der Waals surface area (Å²) in [6.07, 6.45) is 3.16. The first-order valence-electron chi connectivity index (χ1n) is 11.5. The first-order chi connectivity index (χ1) is 17.0. The predicted molar refractivity (Wildman–Crippen MR) is 137 cm³/mol. The zero-order valence-corrected chi connectivity index (χ0v) is 20.5. The minimum atomic E-state index is -4.66. The molecule has 1 saturated heterocycles. The number of alkyl halides is 3. The minimum Gasteiger partial charge on any atom is -0.382 e. The van der Waals surface area contributed by atoms with Crippen molar-refractivity contribution in [1.29, 1.82) is 0 Å². The van der Waals surface area contributed by atoms with Crippen molar-refractivity contribution >= 4 is 29.3 Å². The largest absolute Gasteiger partial charge is 0.417 e. The number of rotatable bonds is 9. The van der Waals surface area contributed by atoms with Crippen molar-refractivity contribution in [1.82, 2.24) is 30.3 Å². The molecule has 1 amide bonds. The van der Waals surface area contributed by atoms with Gasteiger partial charge in [0.1, 0.15) is 5.69 Å². The van der Waals surface area contributed by atoms with Crippen molar-refractivity contribution in [2.24, 2.45) is 7.05 Å². The molecule has 1 fully saturated rings. The van der Waals surface area contributed by atoms with Crippen LogP contribution in [0.1, 0.15) is 45.8 Å². The molecule has 192 valence electrons. The lowest BCUT2D eigenvalue weighted by Gasteiger charge is -2.31. The lowest BCUT2D eigenvalue weighted by atomic mass is 9.97. The van der Waals surface area contributed by atoms with Crippen LogP contribution in [0.15, 0.2) is 44.1 Å². The number of nitrogens with one attached hydrogen (secondary N) is 2. The van der Waals surface area contributed by atoms with Crippen LogP contribution in [0.5, 0.6) is 0 Å². The second kappa shape index (κ2) is 11.4. The van der Waals surface area contributed by atoms with Gasteiger partial charge in [-0.3, -0.25) is 9.48 Å². The third kappa shape index (κ3) is 6.51. The summed E-state index contributed by atoms with van der Waals surface area (Å²) in [7, 11) is 3.70. The molecule has 36 heavy (non-hydrogen) atoms. The number of aromatic nitrogens is 3. The lowest BCUT2D eigenvalue weighted by molar-refractivity contribution is -0.0689. The van der Waals surface area contributed by atoms with Crippen LogP contribution in [0, 0.1) is 0 Å². The van der Waals surface area contributed by atoms with Crippen molar-refractivity contribution < 1.29 is 18.0 Å². The number of allylic oxidation sites excluding steroid dienone is 1. The van der Waals surface area contributed by atoms with Crippen LogP contribution in [-0.4, -0.2) is 64.5 Å². The van der Waals surface area contributed by atoms with Gasteiger partial charge in [-0.2, -0.15) is 18.3 Å². The smallest absolute Gasteiger partial charge is 0.382 e. The van der Waals surface area contributed by atoms with E-state index >= 15 is 0 Å². The summed E-state index contributed by atoms with van der Waals surface area (Å²) in [5.74, 6) is -0.322. The predicted octanol–water partition coefficient (Wildman–Crippen LogP) is 4.13. The molecule has 2 aromatic rings. The van der Waals surface area contributed by atoms with E-state index in [1.807, 2.05) is 0 Å². The fraction of sp³-hybridized carbons (Fsp3) is 0.346. The summed E-state index contributed by atoms with van der Waals surface area (Å²) in [5, 5.41) is 10.0. The summed E-state index contributed by atoms with van der Waals surface area (Å²) in [6.45, 7) is 13.1. The fourth-order valence-corrected chi connectivity index (χ4v) is 3.98.